The van der Waals surface area contributed by atoms with Gasteiger partial charge in [-0.3, -0.25) is 9.36 Å². The van der Waals surface area contributed by atoms with Crippen LogP contribution in [0.4, 0.5) is 0 Å². The molecular weight excluding hydrogens is 266 g/mol. The standard InChI is InChI=1S/C17H15NO3/c1-11-10-18(16-9-13(19)6-7-15(11)16)17(20)12-4-3-5-14(8-12)21-2/h3-10,19H,1-2H3. The summed E-state index contributed by atoms with van der Waals surface area (Å²) in [6, 6.07) is 12.1. The SMILES string of the molecule is COc1cccc(C(=O)n2cc(C)c3ccc(O)cc32)c1. The molecule has 3 aromatic rings. The van der Waals surface area contributed by atoms with E-state index in [9.17, 15) is 9.90 Å². The molecule has 0 fully saturated rings. The van der Waals surface area contributed by atoms with Gasteiger partial charge in [0.05, 0.1) is 12.6 Å². The first-order chi connectivity index (χ1) is 10.1. The molecular formula is C17H15NO3. The summed E-state index contributed by atoms with van der Waals surface area (Å²) in [4.78, 5) is 12.7. The summed E-state index contributed by atoms with van der Waals surface area (Å²) in [5.74, 6) is 0.620. The van der Waals surface area contributed by atoms with E-state index < -0.39 is 0 Å². The largest absolute Gasteiger partial charge is 0.508 e. The first-order valence-electron chi connectivity index (χ1n) is 6.59. The zero-order chi connectivity index (χ0) is 15.0. The van der Waals surface area contributed by atoms with Crippen LogP contribution in [0.5, 0.6) is 11.5 Å². The Labute approximate surface area is 122 Å². The average molecular weight is 281 g/mol. The molecule has 1 heterocycles. The molecule has 4 heteroatoms. The van der Waals surface area contributed by atoms with Crippen LogP contribution in [0.25, 0.3) is 10.9 Å². The van der Waals surface area contributed by atoms with Gasteiger partial charge in [0, 0.05) is 23.2 Å². The van der Waals surface area contributed by atoms with Crippen molar-refractivity contribution in [1.82, 2.24) is 4.57 Å². The molecule has 0 aliphatic rings. The van der Waals surface area contributed by atoms with Crippen LogP contribution in [-0.4, -0.2) is 22.7 Å². The highest BCUT2D eigenvalue weighted by molar-refractivity contribution is 6.03. The second-order valence-corrected chi connectivity index (χ2v) is 4.92. The summed E-state index contributed by atoms with van der Waals surface area (Å²) >= 11 is 0. The maximum atomic E-state index is 12.7. The number of aromatic hydroxyl groups is 1. The second-order valence-electron chi connectivity index (χ2n) is 4.92. The Morgan fingerprint density at radius 1 is 1.19 bits per heavy atom. The number of phenolic OH excluding ortho intramolecular Hbond substituents is 1. The van der Waals surface area contributed by atoms with Crippen LogP contribution in [0, 0.1) is 6.92 Å². The van der Waals surface area contributed by atoms with Crippen molar-refractivity contribution in [2.24, 2.45) is 0 Å². The Bertz CT molecular complexity index is 833. The van der Waals surface area contributed by atoms with Gasteiger partial charge >= 0.3 is 0 Å². The minimum Gasteiger partial charge on any atom is -0.508 e. The number of benzene rings is 2. The third kappa shape index (κ3) is 2.25. The van der Waals surface area contributed by atoms with Crippen molar-refractivity contribution in [3.8, 4) is 11.5 Å². The van der Waals surface area contributed by atoms with Gasteiger partial charge in [-0.05, 0) is 42.8 Å². The van der Waals surface area contributed by atoms with Crippen LogP contribution < -0.4 is 4.74 Å². The van der Waals surface area contributed by atoms with Gasteiger partial charge in [0.1, 0.15) is 11.5 Å². The molecule has 1 N–H and O–H groups in total. The molecule has 0 bridgehead atoms. The Morgan fingerprint density at radius 3 is 2.76 bits per heavy atom. The highest BCUT2D eigenvalue weighted by Crippen LogP contribution is 2.26. The zero-order valence-corrected chi connectivity index (χ0v) is 11.8. The Hall–Kier alpha value is -2.75. The van der Waals surface area contributed by atoms with Gasteiger partial charge < -0.3 is 9.84 Å². The smallest absolute Gasteiger partial charge is 0.262 e. The van der Waals surface area contributed by atoms with Crippen molar-refractivity contribution in [3.63, 3.8) is 0 Å². The number of aromatic nitrogens is 1. The molecule has 0 unspecified atom stereocenters. The normalized spacial score (nSPS) is 10.8. The number of nitrogens with zero attached hydrogens (tertiary/aromatic N) is 1. The van der Waals surface area contributed by atoms with Gasteiger partial charge in [0.2, 0.25) is 0 Å². The molecule has 3 rings (SSSR count). The second kappa shape index (κ2) is 4.98. The van der Waals surface area contributed by atoms with Crippen molar-refractivity contribution in [2.45, 2.75) is 6.92 Å². The lowest BCUT2D eigenvalue weighted by atomic mass is 10.2. The van der Waals surface area contributed by atoms with Crippen LogP contribution >= 0.6 is 0 Å². The number of carbonyl (C=O) groups is 1. The van der Waals surface area contributed by atoms with E-state index >= 15 is 0 Å². The van der Waals surface area contributed by atoms with Crippen LogP contribution in [0.15, 0.2) is 48.7 Å². The summed E-state index contributed by atoms with van der Waals surface area (Å²) in [6.07, 6.45) is 1.78. The van der Waals surface area contributed by atoms with E-state index in [-0.39, 0.29) is 11.7 Å². The van der Waals surface area contributed by atoms with Gasteiger partial charge in [0.25, 0.3) is 5.91 Å². The molecule has 0 aliphatic carbocycles. The summed E-state index contributed by atoms with van der Waals surface area (Å²) in [5, 5.41) is 10.6. The van der Waals surface area contributed by atoms with Crippen molar-refractivity contribution >= 4 is 16.8 Å². The lowest BCUT2D eigenvalue weighted by Gasteiger charge is -2.06. The van der Waals surface area contributed by atoms with E-state index in [1.807, 2.05) is 13.0 Å². The maximum absolute atomic E-state index is 12.7. The lowest BCUT2D eigenvalue weighted by molar-refractivity contribution is 0.0964. The van der Waals surface area contributed by atoms with E-state index in [1.165, 1.54) is 0 Å². The van der Waals surface area contributed by atoms with E-state index in [1.54, 1.807) is 54.3 Å². The number of rotatable bonds is 2. The average Bonchev–Trinajstić information content (AvgIpc) is 2.83. The summed E-state index contributed by atoms with van der Waals surface area (Å²) in [7, 11) is 1.57. The number of methoxy groups -OCH3 is 1. The number of ether oxygens (including phenoxy) is 1. The summed E-state index contributed by atoms with van der Waals surface area (Å²) in [6.45, 7) is 1.94. The molecule has 0 spiro atoms. The van der Waals surface area contributed by atoms with Gasteiger partial charge in [-0.25, -0.2) is 0 Å². The molecule has 2 aromatic carbocycles. The number of hydrogen-bond acceptors (Lipinski definition) is 3. The number of carbonyl (C=O) groups excluding carboxylic acids is 1. The van der Waals surface area contributed by atoms with Crippen molar-refractivity contribution in [3.05, 3.63) is 59.8 Å². The summed E-state index contributed by atoms with van der Waals surface area (Å²) in [5.41, 5.74) is 2.22. The van der Waals surface area contributed by atoms with E-state index in [2.05, 4.69) is 0 Å². The highest BCUT2D eigenvalue weighted by Gasteiger charge is 2.14. The molecule has 21 heavy (non-hydrogen) atoms. The van der Waals surface area contributed by atoms with Gasteiger partial charge in [-0.2, -0.15) is 0 Å². The fraction of sp³-hybridized carbons (Fsp3) is 0.118. The number of fused-ring (bicyclic) bond motifs is 1. The van der Waals surface area contributed by atoms with Crippen LogP contribution in [0.2, 0.25) is 0 Å². The predicted octanol–water partition coefficient (Wildman–Crippen LogP) is 3.35. The number of phenols is 1. The molecule has 4 nitrogen and oxygen atoms in total. The van der Waals surface area contributed by atoms with Gasteiger partial charge in [-0.15, -0.1) is 0 Å². The quantitative estimate of drug-likeness (QED) is 0.783. The fourth-order valence-electron chi connectivity index (χ4n) is 2.45. The van der Waals surface area contributed by atoms with Crippen molar-refractivity contribution in [2.75, 3.05) is 7.11 Å². The third-order valence-corrected chi connectivity index (χ3v) is 3.52. The minimum absolute atomic E-state index is 0.139. The monoisotopic (exact) mass is 281 g/mol. The molecule has 1 aromatic heterocycles. The molecule has 0 atom stereocenters. The highest BCUT2D eigenvalue weighted by atomic mass is 16.5. The molecule has 0 saturated carbocycles. The first kappa shape index (κ1) is 13.2. The fourth-order valence-corrected chi connectivity index (χ4v) is 2.45. The minimum atomic E-state index is -0.155. The van der Waals surface area contributed by atoms with Crippen molar-refractivity contribution < 1.29 is 14.6 Å². The Balaban J connectivity index is 2.15. The number of hydrogen-bond donors (Lipinski definition) is 1. The molecule has 0 radical (unpaired) electrons. The first-order valence-corrected chi connectivity index (χ1v) is 6.59. The predicted molar refractivity (Wildman–Crippen MR) is 81.1 cm³/mol. The molecule has 0 saturated heterocycles. The molecule has 0 amide bonds. The lowest BCUT2D eigenvalue weighted by Crippen LogP contribution is -2.10. The maximum Gasteiger partial charge on any atom is 0.262 e. The van der Waals surface area contributed by atoms with Crippen LogP contribution in [-0.2, 0) is 0 Å². The zero-order valence-electron chi connectivity index (χ0n) is 11.8. The van der Waals surface area contributed by atoms with E-state index in [4.69, 9.17) is 4.74 Å². The van der Waals surface area contributed by atoms with Gasteiger partial charge in [0.15, 0.2) is 0 Å². The number of aryl methyl sites for hydroxylation is 1. The molecule has 0 aliphatic heterocycles. The topological polar surface area (TPSA) is 51.5 Å². The van der Waals surface area contributed by atoms with E-state index in [0.29, 0.717) is 16.8 Å². The van der Waals surface area contributed by atoms with E-state index in [0.717, 1.165) is 10.9 Å². The Morgan fingerprint density at radius 2 is 2.00 bits per heavy atom. The molecule has 106 valence electrons. The van der Waals surface area contributed by atoms with Crippen molar-refractivity contribution in [1.29, 1.82) is 0 Å². The third-order valence-electron chi connectivity index (χ3n) is 3.52. The van der Waals surface area contributed by atoms with Crippen LogP contribution in [0.3, 0.4) is 0 Å². The van der Waals surface area contributed by atoms with Crippen LogP contribution in [0.1, 0.15) is 15.9 Å². The summed E-state index contributed by atoms with van der Waals surface area (Å²) < 4.78 is 6.71. The van der Waals surface area contributed by atoms with Gasteiger partial charge in [-0.1, -0.05) is 6.07 Å². The Kier molecular flexibility index (Phi) is 3.14.